The Hall–Kier alpha value is -1.21. The Labute approximate surface area is 96.5 Å². The summed E-state index contributed by atoms with van der Waals surface area (Å²) in [7, 11) is 0. The van der Waals surface area contributed by atoms with E-state index >= 15 is 0 Å². The van der Waals surface area contributed by atoms with E-state index in [1.165, 1.54) is 0 Å². The Morgan fingerprint density at radius 1 is 1.40 bits per heavy atom. The summed E-state index contributed by atoms with van der Waals surface area (Å²) in [5.41, 5.74) is 1.07. The van der Waals surface area contributed by atoms with Crippen LogP contribution >= 0.6 is 11.6 Å². The van der Waals surface area contributed by atoms with Gasteiger partial charge in [0.2, 0.25) is 0 Å². The normalized spacial score (nSPS) is 12.7. The summed E-state index contributed by atoms with van der Waals surface area (Å²) in [4.78, 5) is 0. The van der Waals surface area contributed by atoms with Crippen LogP contribution in [0.1, 0.15) is 13.3 Å². The minimum atomic E-state index is 0.300. The van der Waals surface area contributed by atoms with Crippen LogP contribution in [0.5, 0.6) is 0 Å². The molecule has 0 spiro atoms. The van der Waals surface area contributed by atoms with Crippen LogP contribution in [0.25, 0.3) is 0 Å². The van der Waals surface area contributed by atoms with Crippen molar-refractivity contribution in [2.45, 2.75) is 19.4 Å². The predicted octanol–water partition coefficient (Wildman–Crippen LogP) is 4.27. The predicted molar refractivity (Wildman–Crippen MR) is 68.5 cm³/mol. The highest BCUT2D eigenvalue weighted by Crippen LogP contribution is 2.15. The van der Waals surface area contributed by atoms with Crippen LogP contribution in [0, 0.1) is 0 Å². The smallest absolute Gasteiger partial charge is 0.0478 e. The maximum Gasteiger partial charge on any atom is 0.0478 e. The fraction of sp³-hybridized carbons (Fsp3) is 0.231. The van der Waals surface area contributed by atoms with E-state index in [-0.39, 0.29) is 0 Å². The van der Waals surface area contributed by atoms with Gasteiger partial charge in [0, 0.05) is 16.8 Å². The summed E-state index contributed by atoms with van der Waals surface area (Å²) in [5.74, 6) is 0. The first kappa shape index (κ1) is 11.9. The number of rotatable bonds is 5. The van der Waals surface area contributed by atoms with E-state index in [0.717, 1.165) is 17.1 Å². The lowest BCUT2D eigenvalue weighted by molar-refractivity contribution is 0.893. The number of hydrogen-bond acceptors (Lipinski definition) is 1. The van der Waals surface area contributed by atoms with Gasteiger partial charge < -0.3 is 5.32 Å². The molecule has 0 aliphatic heterocycles. The molecule has 0 radical (unpaired) electrons. The van der Waals surface area contributed by atoms with Crippen LogP contribution in [0.15, 0.2) is 49.1 Å². The zero-order chi connectivity index (χ0) is 11.1. The molecule has 0 fully saturated rings. The van der Waals surface area contributed by atoms with Gasteiger partial charge >= 0.3 is 0 Å². The molecule has 1 aromatic rings. The molecular weight excluding hydrogens is 206 g/mol. The minimum absolute atomic E-state index is 0.300. The van der Waals surface area contributed by atoms with Crippen LogP contribution in [-0.4, -0.2) is 6.04 Å². The third kappa shape index (κ3) is 4.22. The topological polar surface area (TPSA) is 12.0 Å². The van der Waals surface area contributed by atoms with E-state index in [9.17, 15) is 0 Å². The highest BCUT2D eigenvalue weighted by atomic mass is 35.5. The number of hydrogen-bond donors (Lipinski definition) is 1. The Kier molecular flexibility index (Phi) is 4.99. The molecule has 1 atom stereocenters. The molecule has 1 nitrogen and oxygen atoms in total. The molecule has 0 aromatic heterocycles. The van der Waals surface area contributed by atoms with Crippen molar-refractivity contribution >= 4 is 17.3 Å². The van der Waals surface area contributed by atoms with Gasteiger partial charge in [0.1, 0.15) is 0 Å². The number of allylic oxidation sites excluding steroid dienone is 1. The summed E-state index contributed by atoms with van der Waals surface area (Å²) >= 11 is 5.81. The van der Waals surface area contributed by atoms with Crippen molar-refractivity contribution in [1.29, 1.82) is 0 Å². The van der Waals surface area contributed by atoms with Crippen molar-refractivity contribution in [2.24, 2.45) is 0 Å². The first-order chi connectivity index (χ1) is 7.26. The van der Waals surface area contributed by atoms with Crippen LogP contribution < -0.4 is 5.32 Å². The molecule has 1 rings (SSSR count). The molecule has 1 aromatic carbocycles. The van der Waals surface area contributed by atoms with Gasteiger partial charge in [-0.2, -0.15) is 0 Å². The molecular formula is C13H16ClN. The third-order valence-electron chi connectivity index (χ3n) is 2.04. The van der Waals surface area contributed by atoms with E-state index < -0.39 is 0 Å². The maximum absolute atomic E-state index is 5.81. The fourth-order valence-corrected chi connectivity index (χ4v) is 1.48. The average Bonchev–Trinajstić information content (AvgIpc) is 2.22. The quantitative estimate of drug-likeness (QED) is 0.733. The monoisotopic (exact) mass is 221 g/mol. The van der Waals surface area contributed by atoms with Gasteiger partial charge in [-0.25, -0.2) is 0 Å². The van der Waals surface area contributed by atoms with Gasteiger partial charge in [0.25, 0.3) is 0 Å². The van der Waals surface area contributed by atoms with E-state index in [0.29, 0.717) is 6.04 Å². The molecule has 0 aliphatic carbocycles. The minimum Gasteiger partial charge on any atom is -0.379 e. The Bertz CT molecular complexity index is 327. The van der Waals surface area contributed by atoms with E-state index in [1.807, 2.05) is 43.3 Å². The van der Waals surface area contributed by atoms with Gasteiger partial charge in [0.05, 0.1) is 0 Å². The highest BCUT2D eigenvalue weighted by Gasteiger charge is 2.01. The van der Waals surface area contributed by atoms with Crippen LogP contribution in [0.2, 0.25) is 5.02 Å². The summed E-state index contributed by atoms with van der Waals surface area (Å²) in [5, 5.41) is 4.15. The highest BCUT2D eigenvalue weighted by molar-refractivity contribution is 6.30. The van der Waals surface area contributed by atoms with Gasteiger partial charge in [0.15, 0.2) is 0 Å². The number of nitrogens with one attached hydrogen (secondary N) is 1. The van der Waals surface area contributed by atoms with Crippen molar-refractivity contribution < 1.29 is 0 Å². The Morgan fingerprint density at radius 3 is 2.60 bits per heavy atom. The van der Waals surface area contributed by atoms with Crippen LogP contribution in [-0.2, 0) is 0 Å². The SMILES string of the molecule is C=CCC(/C=C/C)Nc1ccc(Cl)cc1. The number of anilines is 1. The van der Waals surface area contributed by atoms with Gasteiger partial charge in [-0.15, -0.1) is 6.58 Å². The Morgan fingerprint density at radius 2 is 2.07 bits per heavy atom. The summed E-state index contributed by atoms with van der Waals surface area (Å²) in [6.45, 7) is 5.76. The van der Waals surface area contributed by atoms with E-state index in [1.54, 1.807) is 0 Å². The van der Waals surface area contributed by atoms with E-state index in [2.05, 4.69) is 18.0 Å². The lowest BCUT2D eigenvalue weighted by Gasteiger charge is -2.14. The molecule has 0 bridgehead atoms. The average molecular weight is 222 g/mol. The van der Waals surface area contributed by atoms with Gasteiger partial charge in [-0.3, -0.25) is 0 Å². The molecule has 0 amide bonds. The molecule has 0 heterocycles. The van der Waals surface area contributed by atoms with Gasteiger partial charge in [-0.1, -0.05) is 29.8 Å². The second-order valence-electron chi connectivity index (χ2n) is 3.31. The molecule has 0 aliphatic rings. The van der Waals surface area contributed by atoms with Crippen molar-refractivity contribution in [3.05, 3.63) is 54.1 Å². The fourth-order valence-electron chi connectivity index (χ4n) is 1.36. The van der Waals surface area contributed by atoms with Crippen LogP contribution in [0.4, 0.5) is 5.69 Å². The summed E-state index contributed by atoms with van der Waals surface area (Å²) in [6.07, 6.45) is 6.98. The standard InChI is InChI=1S/C13H16ClN/c1-3-5-12(6-4-2)15-13-9-7-11(14)8-10-13/h3-4,6-10,12,15H,1,5H2,2H3/b6-4+. The molecule has 1 N–H and O–H groups in total. The summed E-state index contributed by atoms with van der Waals surface area (Å²) < 4.78 is 0. The molecule has 1 unspecified atom stereocenters. The molecule has 80 valence electrons. The van der Waals surface area contributed by atoms with Crippen molar-refractivity contribution in [1.82, 2.24) is 0 Å². The largest absolute Gasteiger partial charge is 0.379 e. The van der Waals surface area contributed by atoms with Crippen molar-refractivity contribution in [2.75, 3.05) is 5.32 Å². The first-order valence-corrected chi connectivity index (χ1v) is 5.40. The van der Waals surface area contributed by atoms with E-state index in [4.69, 9.17) is 11.6 Å². The third-order valence-corrected chi connectivity index (χ3v) is 2.29. The van der Waals surface area contributed by atoms with Crippen LogP contribution in [0.3, 0.4) is 0 Å². The zero-order valence-electron chi connectivity index (χ0n) is 8.91. The van der Waals surface area contributed by atoms with Crippen molar-refractivity contribution in [3.8, 4) is 0 Å². The van der Waals surface area contributed by atoms with Gasteiger partial charge in [-0.05, 0) is 37.6 Å². The Balaban J connectivity index is 2.64. The van der Waals surface area contributed by atoms with Crippen molar-refractivity contribution in [3.63, 3.8) is 0 Å². The zero-order valence-corrected chi connectivity index (χ0v) is 9.67. The lowest BCUT2D eigenvalue weighted by atomic mass is 10.1. The number of halogens is 1. The second-order valence-corrected chi connectivity index (χ2v) is 3.74. The molecule has 0 saturated heterocycles. The summed E-state index contributed by atoms with van der Waals surface area (Å²) in [6, 6.07) is 8.01. The lowest BCUT2D eigenvalue weighted by Crippen LogP contribution is -2.15. The molecule has 2 heteroatoms. The molecule has 15 heavy (non-hydrogen) atoms. The number of benzene rings is 1. The maximum atomic E-state index is 5.81. The second kappa shape index (κ2) is 6.31. The molecule has 0 saturated carbocycles. The first-order valence-electron chi connectivity index (χ1n) is 5.02.